The highest BCUT2D eigenvalue weighted by Gasteiger charge is 2.39. The third-order valence-electron chi connectivity index (χ3n) is 3.81. The van der Waals surface area contributed by atoms with Crippen molar-refractivity contribution in [3.8, 4) is 0 Å². The second-order valence-electron chi connectivity index (χ2n) is 5.96. The second kappa shape index (κ2) is 5.16. The average molecular weight is 273 g/mol. The fourth-order valence-corrected chi connectivity index (χ4v) is 1.81. The van der Waals surface area contributed by atoms with Crippen LogP contribution in [-0.2, 0) is 4.65 Å². The van der Waals surface area contributed by atoms with E-state index >= 15 is 0 Å². The lowest BCUT2D eigenvalue weighted by Gasteiger charge is -2.38. The molecular formula is C15H20BNO3. The molecule has 5 heteroatoms. The quantitative estimate of drug-likeness (QED) is 0.828. The molecule has 0 unspecified atom stereocenters. The van der Waals surface area contributed by atoms with Gasteiger partial charge in [-0.15, -0.1) is 0 Å². The van der Waals surface area contributed by atoms with E-state index < -0.39 is 18.3 Å². The number of nitrogens with zero attached hydrogens (tertiary/aromatic N) is 1. The summed E-state index contributed by atoms with van der Waals surface area (Å²) in [5.74, 6) is 0. The Morgan fingerprint density at radius 3 is 2.40 bits per heavy atom. The first kappa shape index (κ1) is 15.0. The van der Waals surface area contributed by atoms with Gasteiger partial charge in [-0.1, -0.05) is 24.3 Å². The largest absolute Gasteiger partial charge is 0.493 e. The number of para-hydroxylation sites is 1. The van der Waals surface area contributed by atoms with Gasteiger partial charge in [-0.2, -0.15) is 0 Å². The molecule has 1 heterocycles. The monoisotopic (exact) mass is 273 g/mol. The van der Waals surface area contributed by atoms with Crippen LogP contribution in [0.25, 0.3) is 10.9 Å². The minimum atomic E-state index is -1.14. The van der Waals surface area contributed by atoms with Crippen molar-refractivity contribution in [3.05, 3.63) is 36.5 Å². The number of rotatable bonds is 4. The van der Waals surface area contributed by atoms with Crippen LogP contribution >= 0.6 is 0 Å². The number of hydrogen-bond acceptors (Lipinski definition) is 4. The maximum atomic E-state index is 10.3. The highest BCUT2D eigenvalue weighted by Crippen LogP contribution is 2.25. The number of benzene rings is 1. The molecule has 0 fully saturated rings. The summed E-state index contributed by atoms with van der Waals surface area (Å²) < 4.78 is 5.66. The van der Waals surface area contributed by atoms with Gasteiger partial charge in [0.1, 0.15) is 0 Å². The lowest BCUT2D eigenvalue weighted by atomic mass is 9.75. The van der Waals surface area contributed by atoms with E-state index in [-0.39, 0.29) is 0 Å². The van der Waals surface area contributed by atoms with E-state index in [4.69, 9.17) is 4.65 Å². The molecule has 2 N–H and O–H groups in total. The summed E-state index contributed by atoms with van der Waals surface area (Å²) in [4.78, 5) is 4.29. The SMILES string of the molecule is CC(C)(O)C(C)(C)OB(O)c1cccc2cccnc12. The van der Waals surface area contributed by atoms with Gasteiger partial charge in [0, 0.05) is 11.7 Å². The summed E-state index contributed by atoms with van der Waals surface area (Å²) in [6.07, 6.45) is 1.68. The van der Waals surface area contributed by atoms with Gasteiger partial charge in [0.2, 0.25) is 0 Å². The predicted molar refractivity (Wildman–Crippen MR) is 80.8 cm³/mol. The van der Waals surface area contributed by atoms with Gasteiger partial charge in [0.25, 0.3) is 0 Å². The van der Waals surface area contributed by atoms with Gasteiger partial charge in [-0.25, -0.2) is 0 Å². The molecule has 4 nitrogen and oxygen atoms in total. The summed E-state index contributed by atoms with van der Waals surface area (Å²) >= 11 is 0. The predicted octanol–water partition coefficient (Wildman–Crippen LogP) is 1.49. The molecule has 0 atom stereocenters. The molecule has 2 aromatic rings. The van der Waals surface area contributed by atoms with Crippen molar-refractivity contribution in [2.45, 2.75) is 38.9 Å². The van der Waals surface area contributed by atoms with Crippen LogP contribution in [0, 0.1) is 0 Å². The molecule has 1 aromatic carbocycles. The lowest BCUT2D eigenvalue weighted by Crippen LogP contribution is -2.53. The zero-order valence-corrected chi connectivity index (χ0v) is 12.3. The van der Waals surface area contributed by atoms with Crippen molar-refractivity contribution in [3.63, 3.8) is 0 Å². The van der Waals surface area contributed by atoms with Gasteiger partial charge in [0.05, 0.1) is 16.7 Å². The number of fused-ring (bicyclic) bond motifs is 1. The maximum absolute atomic E-state index is 10.3. The fourth-order valence-electron chi connectivity index (χ4n) is 1.81. The molecule has 0 aliphatic carbocycles. The highest BCUT2D eigenvalue weighted by atomic mass is 16.5. The van der Waals surface area contributed by atoms with Gasteiger partial charge < -0.3 is 14.8 Å². The Hall–Kier alpha value is -1.43. The molecule has 20 heavy (non-hydrogen) atoms. The maximum Gasteiger partial charge on any atom is 0.493 e. The van der Waals surface area contributed by atoms with Crippen molar-refractivity contribution in [2.75, 3.05) is 0 Å². The van der Waals surface area contributed by atoms with Crippen molar-refractivity contribution < 1.29 is 14.8 Å². The number of hydrogen-bond donors (Lipinski definition) is 2. The highest BCUT2D eigenvalue weighted by molar-refractivity contribution is 6.63. The molecular weight excluding hydrogens is 253 g/mol. The Labute approximate surface area is 119 Å². The number of aromatic nitrogens is 1. The van der Waals surface area contributed by atoms with E-state index in [1.807, 2.05) is 24.3 Å². The number of pyridine rings is 1. The molecule has 0 aliphatic heterocycles. The van der Waals surface area contributed by atoms with Gasteiger partial charge in [0.15, 0.2) is 0 Å². The Kier molecular flexibility index (Phi) is 3.87. The van der Waals surface area contributed by atoms with Crippen LogP contribution in [0.3, 0.4) is 0 Å². The molecule has 0 radical (unpaired) electrons. The smallest absolute Gasteiger partial charge is 0.423 e. The number of aliphatic hydroxyl groups is 1. The molecule has 106 valence electrons. The Bertz CT molecular complexity index is 602. The molecule has 1 aromatic heterocycles. The van der Waals surface area contributed by atoms with Gasteiger partial charge >= 0.3 is 7.12 Å². The van der Waals surface area contributed by atoms with Gasteiger partial charge in [-0.05, 0) is 39.1 Å². The molecule has 0 bridgehead atoms. The molecule has 2 rings (SSSR count). The summed E-state index contributed by atoms with van der Waals surface area (Å²) in [5.41, 5.74) is -0.676. The zero-order chi connectivity index (χ0) is 15.0. The third-order valence-corrected chi connectivity index (χ3v) is 3.81. The zero-order valence-electron chi connectivity index (χ0n) is 12.3. The summed E-state index contributed by atoms with van der Waals surface area (Å²) in [5, 5.41) is 21.4. The molecule has 0 spiro atoms. The van der Waals surface area contributed by atoms with Crippen LogP contribution in [-0.4, -0.2) is 33.4 Å². The van der Waals surface area contributed by atoms with E-state index in [2.05, 4.69) is 4.98 Å². The first-order valence-electron chi connectivity index (χ1n) is 6.64. The Morgan fingerprint density at radius 2 is 1.75 bits per heavy atom. The standard InChI is InChI=1S/C15H20BNO3/c1-14(2,18)15(3,4)20-16(19)12-9-5-7-11-8-6-10-17-13(11)12/h5-10,18-19H,1-4H3. The lowest BCUT2D eigenvalue weighted by molar-refractivity contribution is -0.0982. The second-order valence-corrected chi connectivity index (χ2v) is 5.96. The van der Waals surface area contributed by atoms with Gasteiger partial charge in [-0.3, -0.25) is 4.98 Å². The van der Waals surface area contributed by atoms with E-state index in [0.717, 1.165) is 5.39 Å². The van der Waals surface area contributed by atoms with Crippen LogP contribution < -0.4 is 5.46 Å². The Balaban J connectivity index is 2.35. The summed E-state index contributed by atoms with van der Waals surface area (Å²) in [6, 6.07) is 9.34. The van der Waals surface area contributed by atoms with Crippen molar-refractivity contribution >= 4 is 23.5 Å². The first-order chi connectivity index (χ1) is 9.22. The average Bonchev–Trinajstić information content (AvgIpc) is 2.36. The normalized spacial score (nSPS) is 12.7. The molecule has 0 amide bonds. The first-order valence-corrected chi connectivity index (χ1v) is 6.64. The molecule has 0 saturated heterocycles. The van der Waals surface area contributed by atoms with Crippen molar-refractivity contribution in [2.24, 2.45) is 0 Å². The van der Waals surface area contributed by atoms with Crippen LogP contribution in [0.4, 0.5) is 0 Å². The van der Waals surface area contributed by atoms with Crippen LogP contribution in [0.15, 0.2) is 36.5 Å². The minimum Gasteiger partial charge on any atom is -0.423 e. The van der Waals surface area contributed by atoms with E-state index in [9.17, 15) is 10.1 Å². The van der Waals surface area contributed by atoms with E-state index in [1.165, 1.54) is 0 Å². The molecule has 0 aliphatic rings. The van der Waals surface area contributed by atoms with Crippen molar-refractivity contribution in [1.29, 1.82) is 0 Å². The minimum absolute atomic E-state index is 0.598. The fraction of sp³-hybridized carbons (Fsp3) is 0.400. The van der Waals surface area contributed by atoms with Crippen molar-refractivity contribution in [1.82, 2.24) is 4.98 Å². The van der Waals surface area contributed by atoms with Crippen LogP contribution in [0.5, 0.6) is 0 Å². The Morgan fingerprint density at radius 1 is 1.10 bits per heavy atom. The van der Waals surface area contributed by atoms with E-state index in [1.54, 1.807) is 40.0 Å². The van der Waals surface area contributed by atoms with Crippen LogP contribution in [0.1, 0.15) is 27.7 Å². The topological polar surface area (TPSA) is 62.6 Å². The van der Waals surface area contributed by atoms with Crippen LogP contribution in [0.2, 0.25) is 0 Å². The van der Waals surface area contributed by atoms with E-state index in [0.29, 0.717) is 11.0 Å². The molecule has 0 saturated carbocycles. The third kappa shape index (κ3) is 2.85. The summed E-state index contributed by atoms with van der Waals surface area (Å²) in [7, 11) is -1.14. The summed E-state index contributed by atoms with van der Waals surface area (Å²) in [6.45, 7) is 6.80.